The first-order valence-electron chi connectivity index (χ1n) is 5.89. The summed E-state index contributed by atoms with van der Waals surface area (Å²) in [6.07, 6.45) is -3.73. The van der Waals surface area contributed by atoms with E-state index in [9.17, 15) is 18.0 Å². The van der Waals surface area contributed by atoms with Gasteiger partial charge in [-0.25, -0.2) is 4.79 Å². The topological polar surface area (TPSA) is 38.3 Å². The van der Waals surface area contributed by atoms with Crippen molar-refractivity contribution < 1.29 is 22.7 Å². The van der Waals surface area contributed by atoms with E-state index in [1.807, 2.05) is 0 Å². The minimum atomic E-state index is -4.38. The lowest BCUT2D eigenvalue weighted by Gasteiger charge is -2.25. The number of esters is 1. The fourth-order valence-electron chi connectivity index (χ4n) is 2.34. The molecule has 1 atom stereocenters. The number of carbonyl (C=O) groups is 1. The Kier molecular flexibility index (Phi) is 3.20. The lowest BCUT2D eigenvalue weighted by Crippen LogP contribution is -2.45. The molecule has 0 bridgehead atoms. The Morgan fingerprint density at radius 3 is 2.68 bits per heavy atom. The van der Waals surface area contributed by atoms with Gasteiger partial charge in [0.2, 0.25) is 0 Å². The molecular weight excluding hydrogens is 259 g/mol. The maximum atomic E-state index is 12.6. The fraction of sp³-hybridized carbons (Fsp3) is 0.462. The van der Waals surface area contributed by atoms with Crippen LogP contribution in [0.25, 0.3) is 0 Å². The number of hydrogen-bond donors (Lipinski definition) is 1. The van der Waals surface area contributed by atoms with Gasteiger partial charge in [0.05, 0.1) is 12.7 Å². The number of nitrogens with one attached hydrogen (secondary N) is 1. The van der Waals surface area contributed by atoms with Crippen LogP contribution in [0.3, 0.4) is 0 Å². The van der Waals surface area contributed by atoms with Crippen molar-refractivity contribution in [2.24, 2.45) is 0 Å². The Morgan fingerprint density at radius 2 is 2.16 bits per heavy atom. The van der Waals surface area contributed by atoms with E-state index >= 15 is 0 Å². The molecule has 0 amide bonds. The third-order valence-corrected chi connectivity index (χ3v) is 3.48. The third-order valence-electron chi connectivity index (χ3n) is 3.48. The molecule has 0 radical (unpaired) electrons. The Labute approximate surface area is 108 Å². The van der Waals surface area contributed by atoms with Gasteiger partial charge in [0.25, 0.3) is 0 Å². The van der Waals surface area contributed by atoms with Crippen molar-refractivity contribution in [2.75, 3.05) is 12.4 Å². The predicted molar refractivity (Wildman–Crippen MR) is 63.8 cm³/mol. The number of methoxy groups -OCH3 is 1. The summed E-state index contributed by atoms with van der Waals surface area (Å²) in [5.74, 6) is -0.459. The number of alkyl halides is 3. The molecule has 1 heterocycles. The van der Waals surface area contributed by atoms with Gasteiger partial charge < -0.3 is 10.1 Å². The van der Waals surface area contributed by atoms with Crippen LogP contribution in [0.4, 0.5) is 18.9 Å². The standard InChI is InChI=1S/C13H14F3NO2/c1-3-12(11(18)19-2)7-8-6-9(13(14,15)16)4-5-10(8)17-12/h4-6,17H,3,7H2,1-2H3. The molecule has 1 unspecified atom stereocenters. The summed E-state index contributed by atoms with van der Waals surface area (Å²) >= 11 is 0. The van der Waals surface area contributed by atoms with E-state index in [4.69, 9.17) is 4.74 Å². The van der Waals surface area contributed by atoms with E-state index in [2.05, 4.69) is 5.32 Å². The molecule has 0 spiro atoms. The van der Waals surface area contributed by atoms with Crippen LogP contribution in [-0.2, 0) is 22.1 Å². The molecule has 0 aliphatic carbocycles. The van der Waals surface area contributed by atoms with Crippen LogP contribution in [0, 0.1) is 0 Å². The van der Waals surface area contributed by atoms with Gasteiger partial charge in [0.1, 0.15) is 5.54 Å². The number of ether oxygens (including phenoxy) is 1. The highest BCUT2D eigenvalue weighted by atomic mass is 19.4. The summed E-state index contributed by atoms with van der Waals surface area (Å²) in [6.45, 7) is 1.79. The van der Waals surface area contributed by atoms with Gasteiger partial charge in [-0.1, -0.05) is 6.92 Å². The van der Waals surface area contributed by atoms with Crippen molar-refractivity contribution >= 4 is 11.7 Å². The lowest BCUT2D eigenvalue weighted by atomic mass is 9.92. The van der Waals surface area contributed by atoms with Crippen LogP contribution in [0.1, 0.15) is 24.5 Å². The number of rotatable bonds is 2. The van der Waals surface area contributed by atoms with Crippen LogP contribution < -0.4 is 5.32 Å². The first kappa shape index (κ1) is 13.7. The van der Waals surface area contributed by atoms with Gasteiger partial charge in [-0.2, -0.15) is 13.2 Å². The van der Waals surface area contributed by atoms with Crippen molar-refractivity contribution in [1.29, 1.82) is 0 Å². The second-order valence-electron chi connectivity index (χ2n) is 4.60. The number of anilines is 1. The second-order valence-corrected chi connectivity index (χ2v) is 4.60. The molecule has 2 rings (SSSR count). The number of carbonyl (C=O) groups excluding carboxylic acids is 1. The smallest absolute Gasteiger partial charge is 0.416 e. The molecule has 6 heteroatoms. The quantitative estimate of drug-likeness (QED) is 0.842. The number of hydrogen-bond acceptors (Lipinski definition) is 3. The number of halogens is 3. The Hall–Kier alpha value is -1.72. The fourth-order valence-corrected chi connectivity index (χ4v) is 2.34. The minimum Gasteiger partial charge on any atom is -0.467 e. The molecular formula is C13H14F3NO2. The lowest BCUT2D eigenvalue weighted by molar-refractivity contribution is -0.145. The Bertz CT molecular complexity index is 513. The predicted octanol–water partition coefficient (Wildman–Crippen LogP) is 3.00. The zero-order valence-corrected chi connectivity index (χ0v) is 10.6. The average molecular weight is 273 g/mol. The second kappa shape index (κ2) is 4.43. The number of fused-ring (bicyclic) bond motifs is 1. The summed E-state index contributed by atoms with van der Waals surface area (Å²) in [5.41, 5.74) is -0.617. The normalized spacial score (nSPS) is 21.7. The zero-order valence-electron chi connectivity index (χ0n) is 10.6. The highest BCUT2D eigenvalue weighted by Gasteiger charge is 2.44. The monoisotopic (exact) mass is 273 g/mol. The minimum absolute atomic E-state index is 0.204. The SMILES string of the molecule is CCC1(C(=O)OC)Cc2cc(C(F)(F)F)ccc2N1. The summed E-state index contributed by atoms with van der Waals surface area (Å²) in [4.78, 5) is 11.8. The first-order valence-corrected chi connectivity index (χ1v) is 5.89. The summed E-state index contributed by atoms with van der Waals surface area (Å²) < 4.78 is 42.7. The van der Waals surface area contributed by atoms with Gasteiger partial charge >= 0.3 is 12.1 Å². The van der Waals surface area contributed by atoms with Crippen LogP contribution in [0.15, 0.2) is 18.2 Å². The largest absolute Gasteiger partial charge is 0.467 e. The van der Waals surface area contributed by atoms with E-state index < -0.39 is 23.2 Å². The molecule has 3 nitrogen and oxygen atoms in total. The van der Waals surface area contributed by atoms with Gasteiger partial charge in [0, 0.05) is 12.1 Å². The van der Waals surface area contributed by atoms with E-state index in [1.54, 1.807) is 6.92 Å². The molecule has 104 valence electrons. The van der Waals surface area contributed by atoms with E-state index in [0.29, 0.717) is 17.7 Å². The molecule has 1 aromatic rings. The van der Waals surface area contributed by atoms with Crippen molar-refractivity contribution in [1.82, 2.24) is 0 Å². The summed E-state index contributed by atoms with van der Waals surface area (Å²) in [5, 5.41) is 2.99. The molecule has 1 N–H and O–H groups in total. The Balaban J connectivity index is 2.37. The van der Waals surface area contributed by atoms with Gasteiger partial charge in [0.15, 0.2) is 0 Å². The number of benzene rings is 1. The molecule has 0 fully saturated rings. The van der Waals surface area contributed by atoms with Gasteiger partial charge in [-0.15, -0.1) is 0 Å². The first-order chi connectivity index (χ1) is 8.82. The van der Waals surface area contributed by atoms with Crippen LogP contribution >= 0.6 is 0 Å². The van der Waals surface area contributed by atoms with Crippen LogP contribution in [0.5, 0.6) is 0 Å². The third kappa shape index (κ3) is 2.27. The maximum absolute atomic E-state index is 12.6. The maximum Gasteiger partial charge on any atom is 0.416 e. The highest BCUT2D eigenvalue weighted by molar-refractivity contribution is 5.88. The van der Waals surface area contributed by atoms with Crippen LogP contribution in [-0.4, -0.2) is 18.6 Å². The summed E-state index contributed by atoms with van der Waals surface area (Å²) in [6, 6.07) is 3.45. The molecule has 1 aromatic carbocycles. The van der Waals surface area contributed by atoms with Crippen molar-refractivity contribution in [3.63, 3.8) is 0 Å². The summed E-state index contributed by atoms with van der Waals surface area (Å²) in [7, 11) is 1.27. The van der Waals surface area contributed by atoms with Gasteiger partial charge in [-0.05, 0) is 30.2 Å². The molecule has 1 aliphatic rings. The van der Waals surface area contributed by atoms with Crippen LogP contribution in [0.2, 0.25) is 0 Å². The molecule has 1 aliphatic heterocycles. The zero-order chi connectivity index (χ0) is 14.3. The molecule has 0 saturated carbocycles. The molecule has 0 aromatic heterocycles. The van der Waals surface area contributed by atoms with Crippen molar-refractivity contribution in [3.8, 4) is 0 Å². The van der Waals surface area contributed by atoms with Crippen molar-refractivity contribution in [3.05, 3.63) is 29.3 Å². The van der Waals surface area contributed by atoms with E-state index in [1.165, 1.54) is 13.2 Å². The molecule has 19 heavy (non-hydrogen) atoms. The van der Waals surface area contributed by atoms with Gasteiger partial charge in [-0.3, -0.25) is 0 Å². The van der Waals surface area contributed by atoms with E-state index in [0.717, 1.165) is 12.1 Å². The molecule has 0 saturated heterocycles. The average Bonchev–Trinajstić information content (AvgIpc) is 2.75. The van der Waals surface area contributed by atoms with Crippen molar-refractivity contribution in [2.45, 2.75) is 31.5 Å². The highest BCUT2D eigenvalue weighted by Crippen LogP contribution is 2.39. The Morgan fingerprint density at radius 1 is 1.47 bits per heavy atom. The van der Waals surface area contributed by atoms with E-state index in [-0.39, 0.29) is 6.42 Å².